The Morgan fingerprint density at radius 2 is 2.24 bits per heavy atom. The molecular formula is C12H23N3OS. The zero-order valence-corrected chi connectivity index (χ0v) is 11.8. The molecule has 0 radical (unpaired) electrons. The first kappa shape index (κ1) is 14.5. The van der Waals surface area contributed by atoms with Gasteiger partial charge in [-0.15, -0.1) is 0 Å². The van der Waals surface area contributed by atoms with Crippen LogP contribution in [0.1, 0.15) is 34.1 Å². The van der Waals surface area contributed by atoms with Crippen molar-refractivity contribution in [3.8, 4) is 0 Å². The lowest BCUT2D eigenvalue weighted by Crippen LogP contribution is -2.50. The van der Waals surface area contributed by atoms with Gasteiger partial charge in [0.05, 0.1) is 6.61 Å². The number of hydrogen-bond acceptors (Lipinski definition) is 4. The first-order valence-electron chi connectivity index (χ1n) is 6.00. The van der Waals surface area contributed by atoms with Gasteiger partial charge in [-0.1, -0.05) is 32.5 Å². The standard InChI is InChI=1S/C12H23N3OS/c1-9(2)15-12(4,8-16)7-10(3)17-11-13-5-6-14-11/h5-6,9-10,15-16H,7-8H2,1-4H3,(H,13,14). The maximum atomic E-state index is 9.51. The van der Waals surface area contributed by atoms with Crippen LogP contribution in [0.2, 0.25) is 0 Å². The van der Waals surface area contributed by atoms with E-state index in [1.165, 1.54) is 0 Å². The highest BCUT2D eigenvalue weighted by Crippen LogP contribution is 2.26. The molecule has 0 aliphatic carbocycles. The van der Waals surface area contributed by atoms with Crippen molar-refractivity contribution in [3.63, 3.8) is 0 Å². The summed E-state index contributed by atoms with van der Waals surface area (Å²) in [6.07, 6.45) is 4.48. The lowest BCUT2D eigenvalue weighted by molar-refractivity contribution is 0.157. The van der Waals surface area contributed by atoms with Crippen molar-refractivity contribution >= 4 is 11.8 Å². The number of nitrogens with one attached hydrogen (secondary N) is 2. The molecule has 0 aromatic carbocycles. The third kappa shape index (κ3) is 5.10. The van der Waals surface area contributed by atoms with E-state index in [-0.39, 0.29) is 12.1 Å². The van der Waals surface area contributed by atoms with Gasteiger partial charge in [-0.3, -0.25) is 0 Å². The summed E-state index contributed by atoms with van der Waals surface area (Å²) in [4.78, 5) is 7.28. The number of rotatable bonds is 7. The lowest BCUT2D eigenvalue weighted by Gasteiger charge is -2.33. The molecule has 0 bridgehead atoms. The second-order valence-corrected chi connectivity index (χ2v) is 6.47. The number of aliphatic hydroxyl groups is 1. The van der Waals surface area contributed by atoms with Crippen molar-refractivity contribution < 1.29 is 5.11 Å². The molecule has 2 unspecified atom stereocenters. The molecule has 17 heavy (non-hydrogen) atoms. The predicted molar refractivity (Wildman–Crippen MR) is 72.3 cm³/mol. The van der Waals surface area contributed by atoms with Gasteiger partial charge in [0.2, 0.25) is 0 Å². The number of H-pyrrole nitrogens is 1. The molecule has 1 rings (SSSR count). The van der Waals surface area contributed by atoms with Gasteiger partial charge in [-0.25, -0.2) is 4.98 Å². The molecule has 0 aliphatic rings. The highest BCUT2D eigenvalue weighted by Gasteiger charge is 2.26. The highest BCUT2D eigenvalue weighted by atomic mass is 32.2. The predicted octanol–water partition coefficient (Wildman–Crippen LogP) is 2.03. The summed E-state index contributed by atoms with van der Waals surface area (Å²) in [5, 5.41) is 14.3. The van der Waals surface area contributed by atoms with Crippen LogP contribution in [0.3, 0.4) is 0 Å². The summed E-state index contributed by atoms with van der Waals surface area (Å²) in [6.45, 7) is 8.56. The number of hydrogen-bond donors (Lipinski definition) is 3. The van der Waals surface area contributed by atoms with Gasteiger partial charge in [-0.2, -0.15) is 0 Å². The lowest BCUT2D eigenvalue weighted by atomic mass is 9.96. The van der Waals surface area contributed by atoms with Crippen molar-refractivity contribution in [1.82, 2.24) is 15.3 Å². The molecule has 2 atom stereocenters. The van der Waals surface area contributed by atoms with Crippen molar-refractivity contribution in [3.05, 3.63) is 12.4 Å². The van der Waals surface area contributed by atoms with Crippen LogP contribution in [-0.4, -0.2) is 38.5 Å². The van der Waals surface area contributed by atoms with Gasteiger partial charge in [0, 0.05) is 29.2 Å². The first-order valence-corrected chi connectivity index (χ1v) is 6.88. The Kier molecular flexibility index (Phi) is 5.49. The molecule has 5 heteroatoms. The van der Waals surface area contributed by atoms with E-state index >= 15 is 0 Å². The molecular weight excluding hydrogens is 234 g/mol. The number of thioether (sulfide) groups is 1. The van der Waals surface area contributed by atoms with Crippen LogP contribution < -0.4 is 5.32 Å². The van der Waals surface area contributed by atoms with Gasteiger partial charge in [-0.05, 0) is 13.3 Å². The monoisotopic (exact) mass is 257 g/mol. The fourth-order valence-electron chi connectivity index (χ4n) is 2.05. The molecule has 0 spiro atoms. The molecule has 0 saturated carbocycles. The third-order valence-electron chi connectivity index (χ3n) is 2.51. The van der Waals surface area contributed by atoms with Gasteiger partial charge >= 0.3 is 0 Å². The molecule has 0 saturated heterocycles. The van der Waals surface area contributed by atoms with Crippen molar-refractivity contribution in [2.75, 3.05) is 6.61 Å². The van der Waals surface area contributed by atoms with Crippen molar-refractivity contribution in [2.45, 2.75) is 56.1 Å². The van der Waals surface area contributed by atoms with E-state index in [0.717, 1.165) is 11.6 Å². The zero-order valence-electron chi connectivity index (χ0n) is 11.0. The molecule has 0 aliphatic heterocycles. The first-order chi connectivity index (χ1) is 7.95. The van der Waals surface area contributed by atoms with Crippen LogP contribution >= 0.6 is 11.8 Å². The van der Waals surface area contributed by atoms with Crippen LogP contribution in [0.25, 0.3) is 0 Å². The minimum Gasteiger partial charge on any atom is -0.394 e. The smallest absolute Gasteiger partial charge is 0.165 e. The number of nitrogens with zero attached hydrogens (tertiary/aromatic N) is 1. The molecule has 3 N–H and O–H groups in total. The minimum absolute atomic E-state index is 0.147. The largest absolute Gasteiger partial charge is 0.394 e. The average molecular weight is 257 g/mol. The van der Waals surface area contributed by atoms with E-state index in [0.29, 0.717) is 11.3 Å². The maximum absolute atomic E-state index is 9.51. The third-order valence-corrected chi connectivity index (χ3v) is 3.53. The average Bonchev–Trinajstić information content (AvgIpc) is 2.68. The van der Waals surface area contributed by atoms with Crippen LogP contribution in [0.5, 0.6) is 0 Å². The van der Waals surface area contributed by atoms with E-state index in [1.807, 2.05) is 6.20 Å². The number of aromatic nitrogens is 2. The SMILES string of the molecule is CC(C)NC(C)(CO)CC(C)Sc1ncc[nH]1. The van der Waals surface area contributed by atoms with Gasteiger partial charge in [0.25, 0.3) is 0 Å². The quantitative estimate of drug-likeness (QED) is 0.654. The van der Waals surface area contributed by atoms with Gasteiger partial charge in [0.1, 0.15) is 0 Å². The molecule has 1 heterocycles. The maximum Gasteiger partial charge on any atom is 0.165 e. The van der Waals surface area contributed by atoms with E-state index in [4.69, 9.17) is 0 Å². The van der Waals surface area contributed by atoms with Crippen molar-refractivity contribution in [2.24, 2.45) is 0 Å². The van der Waals surface area contributed by atoms with E-state index < -0.39 is 0 Å². The molecule has 98 valence electrons. The number of aromatic amines is 1. The Balaban J connectivity index is 2.49. The fourth-order valence-corrected chi connectivity index (χ4v) is 3.14. The number of aliphatic hydroxyl groups excluding tert-OH is 1. The summed E-state index contributed by atoms with van der Waals surface area (Å²) in [7, 11) is 0. The molecule has 1 aromatic heterocycles. The highest BCUT2D eigenvalue weighted by molar-refractivity contribution is 7.99. The normalized spacial score (nSPS) is 17.1. The molecule has 4 nitrogen and oxygen atoms in total. The molecule has 0 amide bonds. The topological polar surface area (TPSA) is 60.9 Å². The van der Waals surface area contributed by atoms with Crippen LogP contribution in [-0.2, 0) is 0 Å². The summed E-state index contributed by atoms with van der Waals surface area (Å²) in [6, 6.07) is 0.368. The van der Waals surface area contributed by atoms with Gasteiger partial charge in [0.15, 0.2) is 5.16 Å². The van der Waals surface area contributed by atoms with Crippen LogP contribution in [0.4, 0.5) is 0 Å². The Morgan fingerprint density at radius 1 is 1.53 bits per heavy atom. The summed E-state index contributed by atoms with van der Waals surface area (Å²) < 4.78 is 0. The van der Waals surface area contributed by atoms with E-state index in [1.54, 1.807) is 18.0 Å². The minimum atomic E-state index is -0.229. The van der Waals surface area contributed by atoms with E-state index in [9.17, 15) is 5.11 Å². The van der Waals surface area contributed by atoms with Gasteiger partial charge < -0.3 is 15.4 Å². The fraction of sp³-hybridized carbons (Fsp3) is 0.750. The number of imidazole rings is 1. The second-order valence-electron chi connectivity index (χ2n) is 5.04. The summed E-state index contributed by atoms with van der Waals surface area (Å²) in [5.74, 6) is 0. The molecule has 0 fully saturated rings. The Morgan fingerprint density at radius 3 is 2.71 bits per heavy atom. The Hall–Kier alpha value is -0.520. The van der Waals surface area contributed by atoms with Crippen LogP contribution in [0.15, 0.2) is 17.6 Å². The second kappa shape index (κ2) is 6.42. The zero-order chi connectivity index (χ0) is 12.9. The van der Waals surface area contributed by atoms with Crippen LogP contribution in [0, 0.1) is 0 Å². The van der Waals surface area contributed by atoms with E-state index in [2.05, 4.69) is 43.0 Å². The Labute approximate surface area is 108 Å². The Bertz CT molecular complexity index is 316. The van der Waals surface area contributed by atoms with Crippen molar-refractivity contribution in [1.29, 1.82) is 0 Å². The molecule has 1 aromatic rings. The summed E-state index contributed by atoms with van der Waals surface area (Å²) >= 11 is 1.70. The summed E-state index contributed by atoms with van der Waals surface area (Å²) in [5.41, 5.74) is -0.229.